The van der Waals surface area contributed by atoms with Gasteiger partial charge in [-0.2, -0.15) is 0 Å². The van der Waals surface area contributed by atoms with E-state index in [1.807, 2.05) is 34.6 Å². The van der Waals surface area contributed by atoms with Crippen molar-refractivity contribution in [2.45, 2.75) is 85.9 Å². The van der Waals surface area contributed by atoms with Crippen LogP contribution in [-0.4, -0.2) is 71.0 Å². The summed E-state index contributed by atoms with van der Waals surface area (Å²) in [5.41, 5.74) is -0.287. The smallest absolute Gasteiger partial charge is 0.331 e. The quantitative estimate of drug-likeness (QED) is 0.586. The molecule has 3 atom stereocenters. The highest BCUT2D eigenvalue weighted by Gasteiger charge is 2.39. The number of carbonyl (C=O) groups is 3. The summed E-state index contributed by atoms with van der Waals surface area (Å²) in [6.07, 6.45) is 4.52. The Morgan fingerprint density at radius 1 is 1.23 bits per heavy atom. The van der Waals surface area contributed by atoms with Crippen LogP contribution in [0.1, 0.15) is 67.7 Å². The van der Waals surface area contributed by atoms with E-state index in [1.165, 1.54) is 6.92 Å². The topological polar surface area (TPSA) is 90.0 Å². The van der Waals surface area contributed by atoms with Gasteiger partial charge in [0, 0.05) is 12.6 Å². The lowest BCUT2D eigenvalue weighted by Gasteiger charge is -2.39. The van der Waals surface area contributed by atoms with Crippen LogP contribution < -0.4 is 5.32 Å². The number of hydrogen-bond acceptors (Lipinski definition) is 4. The summed E-state index contributed by atoms with van der Waals surface area (Å²) in [7, 11) is 1.68. The molecule has 0 aromatic rings. The molecule has 1 fully saturated rings. The van der Waals surface area contributed by atoms with Crippen LogP contribution in [0.2, 0.25) is 0 Å². The van der Waals surface area contributed by atoms with Crippen molar-refractivity contribution in [3.05, 3.63) is 11.6 Å². The lowest BCUT2D eigenvalue weighted by atomic mass is 9.84. The van der Waals surface area contributed by atoms with Crippen LogP contribution in [0.3, 0.4) is 0 Å². The average Bonchev–Trinajstić information content (AvgIpc) is 2.67. The molecule has 1 aliphatic heterocycles. The third-order valence-corrected chi connectivity index (χ3v) is 5.96. The van der Waals surface area contributed by atoms with Crippen LogP contribution in [0.4, 0.5) is 0 Å². The van der Waals surface area contributed by atoms with Gasteiger partial charge in [-0.3, -0.25) is 14.5 Å². The first-order valence-corrected chi connectivity index (χ1v) is 11.0. The summed E-state index contributed by atoms with van der Waals surface area (Å²) in [6, 6.07) is -1.28. The Hall–Kier alpha value is -1.89. The van der Waals surface area contributed by atoms with Gasteiger partial charge in [0.2, 0.25) is 11.8 Å². The molecule has 1 unspecified atom stereocenters. The van der Waals surface area contributed by atoms with E-state index in [0.717, 1.165) is 32.4 Å². The zero-order valence-electron chi connectivity index (χ0n) is 20.0. The molecule has 172 valence electrons. The molecule has 7 nitrogen and oxygen atoms in total. The number of amides is 2. The molecule has 0 aromatic carbocycles. The number of likely N-dealkylation sites (tertiary alicyclic amines) is 1. The first kappa shape index (κ1) is 26.1. The number of carbonyl (C=O) groups excluding carboxylic acids is 2. The van der Waals surface area contributed by atoms with Gasteiger partial charge in [-0.15, -0.1) is 0 Å². The fraction of sp³-hybridized carbons (Fsp3) is 0.783. The fourth-order valence-electron chi connectivity index (χ4n) is 3.98. The molecular formula is C23H41N3O4. The Kier molecular flexibility index (Phi) is 9.53. The van der Waals surface area contributed by atoms with Gasteiger partial charge >= 0.3 is 5.97 Å². The summed E-state index contributed by atoms with van der Waals surface area (Å²) in [5, 5.41) is 12.3. The number of hydrogen-bond donors (Lipinski definition) is 2. The number of aliphatic carboxylic acids is 1. The molecule has 2 amide bonds. The zero-order valence-corrected chi connectivity index (χ0v) is 20.0. The second-order valence-corrected chi connectivity index (χ2v) is 9.79. The molecule has 1 rings (SSSR count). The van der Waals surface area contributed by atoms with Crippen LogP contribution in [0.5, 0.6) is 0 Å². The highest BCUT2D eigenvalue weighted by Crippen LogP contribution is 2.25. The predicted molar refractivity (Wildman–Crippen MR) is 119 cm³/mol. The minimum atomic E-state index is -1.00. The second-order valence-electron chi connectivity index (χ2n) is 9.79. The lowest BCUT2D eigenvalue weighted by molar-refractivity contribution is -0.141. The lowest BCUT2D eigenvalue weighted by Crippen LogP contribution is -2.60. The SMILES string of the molecule is CCN1CCCCC1C(=O)N[C@H](C(=O)N(C)[C@H](/C=C(\C)C(=O)O)C(C)C)C(C)(C)C. The van der Waals surface area contributed by atoms with Crippen molar-refractivity contribution in [3.8, 4) is 0 Å². The van der Waals surface area contributed by atoms with E-state index >= 15 is 0 Å². The number of piperidine rings is 1. The normalized spacial score (nSPS) is 20.6. The summed E-state index contributed by atoms with van der Waals surface area (Å²) in [4.78, 5) is 41.6. The van der Waals surface area contributed by atoms with E-state index in [0.29, 0.717) is 0 Å². The maximum Gasteiger partial charge on any atom is 0.331 e. The molecule has 30 heavy (non-hydrogen) atoms. The van der Waals surface area contributed by atoms with Crippen LogP contribution in [0.15, 0.2) is 11.6 Å². The van der Waals surface area contributed by atoms with Crippen molar-refractivity contribution in [1.82, 2.24) is 15.1 Å². The summed E-state index contributed by atoms with van der Waals surface area (Å²) >= 11 is 0. The molecule has 0 aliphatic carbocycles. The van der Waals surface area contributed by atoms with Gasteiger partial charge in [0.15, 0.2) is 0 Å². The van der Waals surface area contributed by atoms with Crippen molar-refractivity contribution in [1.29, 1.82) is 0 Å². The number of carboxylic acids is 1. The Bertz CT molecular complexity index is 651. The minimum Gasteiger partial charge on any atom is -0.478 e. The Morgan fingerprint density at radius 3 is 2.30 bits per heavy atom. The molecule has 1 heterocycles. The Balaban J connectivity index is 3.12. The largest absolute Gasteiger partial charge is 0.478 e. The van der Waals surface area contributed by atoms with E-state index in [1.54, 1.807) is 18.0 Å². The number of rotatable bonds is 8. The fourth-order valence-corrected chi connectivity index (χ4v) is 3.98. The van der Waals surface area contributed by atoms with Gasteiger partial charge in [-0.05, 0) is 44.2 Å². The highest BCUT2D eigenvalue weighted by atomic mass is 16.4. The highest BCUT2D eigenvalue weighted by molar-refractivity contribution is 5.91. The van der Waals surface area contributed by atoms with Gasteiger partial charge in [0.1, 0.15) is 6.04 Å². The predicted octanol–water partition coefficient (Wildman–Crippen LogP) is 2.91. The van der Waals surface area contributed by atoms with Gasteiger partial charge < -0.3 is 15.3 Å². The molecular weight excluding hydrogens is 382 g/mol. The molecule has 1 saturated heterocycles. The minimum absolute atomic E-state index is 0.0264. The summed E-state index contributed by atoms with van der Waals surface area (Å²) in [5.74, 6) is -1.28. The average molecular weight is 424 g/mol. The van der Waals surface area contributed by atoms with E-state index in [2.05, 4.69) is 17.1 Å². The van der Waals surface area contributed by atoms with Crippen molar-refractivity contribution in [2.75, 3.05) is 20.1 Å². The monoisotopic (exact) mass is 423 g/mol. The number of nitrogens with zero attached hydrogens (tertiary/aromatic N) is 2. The standard InChI is InChI=1S/C23H41N3O4/c1-9-26-13-11-10-12-17(26)20(27)24-19(23(5,6)7)21(28)25(8)18(15(2)3)14-16(4)22(29)30/h14-15,17-19H,9-13H2,1-8H3,(H,24,27)(H,29,30)/b16-14+/t17?,18-,19-/m1/s1. The van der Waals surface area contributed by atoms with Crippen molar-refractivity contribution >= 4 is 17.8 Å². The van der Waals surface area contributed by atoms with Crippen molar-refractivity contribution in [2.24, 2.45) is 11.3 Å². The third-order valence-electron chi connectivity index (χ3n) is 5.96. The van der Waals surface area contributed by atoms with E-state index in [9.17, 15) is 19.5 Å². The Morgan fingerprint density at radius 2 is 1.83 bits per heavy atom. The molecule has 0 radical (unpaired) electrons. The third kappa shape index (κ3) is 6.83. The van der Waals surface area contributed by atoms with Crippen LogP contribution in [-0.2, 0) is 14.4 Å². The van der Waals surface area contributed by atoms with Crippen LogP contribution >= 0.6 is 0 Å². The van der Waals surface area contributed by atoms with E-state index in [4.69, 9.17) is 0 Å². The molecule has 0 spiro atoms. The van der Waals surface area contributed by atoms with E-state index in [-0.39, 0.29) is 35.4 Å². The van der Waals surface area contributed by atoms with Crippen molar-refractivity contribution in [3.63, 3.8) is 0 Å². The van der Waals surface area contributed by atoms with Crippen LogP contribution in [0, 0.1) is 11.3 Å². The Labute approximate surface area is 181 Å². The molecule has 7 heteroatoms. The maximum atomic E-state index is 13.5. The maximum absolute atomic E-state index is 13.5. The number of likely N-dealkylation sites (N-methyl/N-ethyl adjacent to an activating group) is 2. The zero-order chi connectivity index (χ0) is 23.2. The summed E-state index contributed by atoms with van der Waals surface area (Å²) in [6.45, 7) is 15.0. The second kappa shape index (κ2) is 10.9. The van der Waals surface area contributed by atoms with Gasteiger partial charge in [0.25, 0.3) is 0 Å². The molecule has 0 aromatic heterocycles. The first-order valence-electron chi connectivity index (χ1n) is 11.0. The van der Waals surface area contributed by atoms with Gasteiger partial charge in [-0.25, -0.2) is 4.79 Å². The number of nitrogens with one attached hydrogen (secondary N) is 1. The van der Waals surface area contributed by atoms with Crippen molar-refractivity contribution < 1.29 is 19.5 Å². The van der Waals surface area contributed by atoms with Gasteiger partial charge in [-0.1, -0.05) is 54.0 Å². The van der Waals surface area contributed by atoms with E-state index < -0.39 is 17.4 Å². The first-order chi connectivity index (χ1) is 13.8. The molecule has 0 saturated carbocycles. The number of carboxylic acid groups (broad SMARTS) is 1. The molecule has 2 N–H and O–H groups in total. The molecule has 0 bridgehead atoms. The van der Waals surface area contributed by atoms with Gasteiger partial charge in [0.05, 0.1) is 12.1 Å². The molecule has 1 aliphatic rings. The summed E-state index contributed by atoms with van der Waals surface area (Å²) < 4.78 is 0. The van der Waals surface area contributed by atoms with Crippen LogP contribution in [0.25, 0.3) is 0 Å².